The summed E-state index contributed by atoms with van der Waals surface area (Å²) in [4.78, 5) is 19.4. The standard InChI is InChI=1S/C27H33N3O3S5/c1-22(11-17-38(32,33)30(20-25-8-4-15-36-25)21-26-9-5-16-37-26)28-12-10-27(31)29(18-23-6-2-13-34-23)19-24-7-3-14-35-24/h2-9,13-16,22,28H,10-12,17-21H2,1H3. The number of nitrogens with one attached hydrogen (secondary N) is 1. The number of rotatable bonds is 16. The van der Waals surface area contributed by atoms with Crippen molar-refractivity contribution in [3.63, 3.8) is 0 Å². The highest BCUT2D eigenvalue weighted by Crippen LogP contribution is 2.21. The van der Waals surface area contributed by atoms with E-state index < -0.39 is 10.0 Å². The van der Waals surface area contributed by atoms with Gasteiger partial charge in [0.2, 0.25) is 15.9 Å². The molecule has 38 heavy (non-hydrogen) atoms. The average molecular weight is 608 g/mol. The first kappa shape index (κ1) is 29.1. The van der Waals surface area contributed by atoms with Crippen molar-refractivity contribution in [2.75, 3.05) is 12.3 Å². The quantitative estimate of drug-likeness (QED) is 0.163. The van der Waals surface area contributed by atoms with E-state index in [1.54, 1.807) is 49.7 Å². The second kappa shape index (κ2) is 14.5. The van der Waals surface area contributed by atoms with Gasteiger partial charge in [-0.25, -0.2) is 8.42 Å². The summed E-state index contributed by atoms with van der Waals surface area (Å²) in [5.41, 5.74) is 0. The summed E-state index contributed by atoms with van der Waals surface area (Å²) >= 11 is 6.46. The molecular weight excluding hydrogens is 575 g/mol. The lowest BCUT2D eigenvalue weighted by Gasteiger charge is -2.23. The van der Waals surface area contributed by atoms with Gasteiger partial charge in [-0.05, 0) is 59.1 Å². The van der Waals surface area contributed by atoms with E-state index >= 15 is 0 Å². The minimum atomic E-state index is -3.45. The molecule has 0 fully saturated rings. The van der Waals surface area contributed by atoms with Gasteiger partial charge in [0.05, 0.1) is 18.8 Å². The summed E-state index contributed by atoms with van der Waals surface area (Å²) in [6.45, 7) is 4.48. The highest BCUT2D eigenvalue weighted by molar-refractivity contribution is 7.89. The highest BCUT2D eigenvalue weighted by Gasteiger charge is 2.24. The van der Waals surface area contributed by atoms with E-state index in [-0.39, 0.29) is 17.7 Å². The molecule has 0 bridgehead atoms. The third-order valence-electron chi connectivity index (χ3n) is 6.06. The fourth-order valence-electron chi connectivity index (χ4n) is 3.96. The number of amides is 1. The zero-order valence-corrected chi connectivity index (χ0v) is 25.4. The van der Waals surface area contributed by atoms with Gasteiger partial charge in [-0.2, -0.15) is 4.31 Å². The highest BCUT2D eigenvalue weighted by atomic mass is 32.2. The van der Waals surface area contributed by atoms with Crippen molar-refractivity contribution in [2.24, 2.45) is 0 Å². The van der Waals surface area contributed by atoms with Gasteiger partial charge in [0.1, 0.15) is 0 Å². The maximum Gasteiger partial charge on any atom is 0.224 e. The van der Waals surface area contributed by atoms with Crippen LogP contribution in [0.15, 0.2) is 70.1 Å². The minimum absolute atomic E-state index is 0.0223. The number of hydrogen-bond donors (Lipinski definition) is 1. The van der Waals surface area contributed by atoms with Crippen LogP contribution in [-0.4, -0.2) is 41.9 Å². The van der Waals surface area contributed by atoms with Crippen LogP contribution in [-0.2, 0) is 41.0 Å². The molecule has 0 aliphatic carbocycles. The van der Waals surface area contributed by atoms with Crippen molar-refractivity contribution in [3.05, 3.63) is 89.6 Å². The third kappa shape index (κ3) is 9.11. The smallest absolute Gasteiger partial charge is 0.224 e. The normalized spacial score (nSPS) is 12.7. The fourth-order valence-corrected chi connectivity index (χ4v) is 8.58. The van der Waals surface area contributed by atoms with Gasteiger partial charge in [-0.3, -0.25) is 4.79 Å². The molecule has 0 aliphatic rings. The Hall–Kier alpha value is -1.86. The third-order valence-corrected chi connectivity index (χ3v) is 11.3. The predicted molar refractivity (Wildman–Crippen MR) is 161 cm³/mol. The molecule has 0 saturated carbocycles. The number of sulfonamides is 1. The van der Waals surface area contributed by atoms with E-state index in [1.165, 1.54) is 0 Å². The lowest BCUT2D eigenvalue weighted by atomic mass is 10.2. The van der Waals surface area contributed by atoms with Crippen LogP contribution in [0, 0.1) is 0 Å². The number of thiophene rings is 4. The van der Waals surface area contributed by atoms with Crippen LogP contribution in [0.2, 0.25) is 0 Å². The summed E-state index contributed by atoms with van der Waals surface area (Å²) in [7, 11) is -3.45. The molecule has 1 atom stereocenters. The van der Waals surface area contributed by atoms with Crippen LogP contribution in [0.5, 0.6) is 0 Å². The van der Waals surface area contributed by atoms with Crippen molar-refractivity contribution in [1.82, 2.24) is 14.5 Å². The van der Waals surface area contributed by atoms with E-state index in [0.29, 0.717) is 45.6 Å². The first-order valence-electron chi connectivity index (χ1n) is 12.5. The van der Waals surface area contributed by atoms with Crippen molar-refractivity contribution in [1.29, 1.82) is 0 Å². The Morgan fingerprint density at radius 1 is 0.789 bits per heavy atom. The molecule has 4 rings (SSSR count). The molecule has 4 aromatic heterocycles. The van der Waals surface area contributed by atoms with Gasteiger partial charge in [-0.15, -0.1) is 45.3 Å². The second-order valence-electron chi connectivity index (χ2n) is 9.05. The lowest BCUT2D eigenvalue weighted by Crippen LogP contribution is -2.37. The maximum atomic E-state index is 13.3. The summed E-state index contributed by atoms with van der Waals surface area (Å²) in [6, 6.07) is 16.0. The van der Waals surface area contributed by atoms with Gasteiger partial charge in [0.25, 0.3) is 0 Å². The Balaban J connectivity index is 1.26. The van der Waals surface area contributed by atoms with Crippen molar-refractivity contribution < 1.29 is 13.2 Å². The first-order chi connectivity index (χ1) is 18.4. The van der Waals surface area contributed by atoms with Crippen molar-refractivity contribution in [2.45, 2.75) is 52.0 Å². The molecule has 11 heteroatoms. The monoisotopic (exact) mass is 607 g/mol. The Bertz CT molecular complexity index is 1230. The molecule has 4 heterocycles. The van der Waals surface area contributed by atoms with Gasteiger partial charge in [0.15, 0.2) is 0 Å². The van der Waals surface area contributed by atoms with Crippen LogP contribution in [0.3, 0.4) is 0 Å². The second-order valence-corrected chi connectivity index (χ2v) is 15.3. The zero-order valence-electron chi connectivity index (χ0n) is 21.3. The number of carbonyl (C=O) groups excluding carboxylic acids is 1. The Labute approximate surface area is 241 Å². The Morgan fingerprint density at radius 3 is 1.66 bits per heavy atom. The molecule has 6 nitrogen and oxygen atoms in total. The topological polar surface area (TPSA) is 69.7 Å². The summed E-state index contributed by atoms with van der Waals surface area (Å²) in [6.07, 6.45) is 0.854. The summed E-state index contributed by atoms with van der Waals surface area (Å²) in [5.74, 6) is 0.159. The summed E-state index contributed by atoms with van der Waals surface area (Å²) in [5, 5.41) is 11.4. The average Bonchev–Trinajstić information content (AvgIpc) is 3.71. The van der Waals surface area contributed by atoms with E-state index in [9.17, 15) is 13.2 Å². The van der Waals surface area contributed by atoms with Crippen molar-refractivity contribution in [3.8, 4) is 0 Å². The predicted octanol–water partition coefficient (Wildman–Crippen LogP) is 6.25. The maximum absolute atomic E-state index is 13.3. The molecule has 204 valence electrons. The SMILES string of the molecule is CC(CCS(=O)(=O)N(Cc1cccs1)Cc1cccs1)NCCC(=O)N(Cc1cccs1)Cc1cccs1. The Kier molecular flexibility index (Phi) is 11.1. The molecule has 0 aliphatic heterocycles. The van der Waals surface area contributed by atoms with Crippen LogP contribution >= 0.6 is 45.3 Å². The molecule has 0 spiro atoms. The van der Waals surface area contributed by atoms with E-state index in [1.807, 2.05) is 69.7 Å². The lowest BCUT2D eigenvalue weighted by molar-refractivity contribution is -0.132. The fraction of sp³-hybridized carbons (Fsp3) is 0.370. The molecule has 0 saturated heterocycles. The van der Waals surface area contributed by atoms with Gasteiger partial charge in [-0.1, -0.05) is 24.3 Å². The molecule has 1 amide bonds. The molecule has 0 aromatic carbocycles. The summed E-state index contributed by atoms with van der Waals surface area (Å²) < 4.78 is 28.2. The van der Waals surface area contributed by atoms with E-state index in [2.05, 4.69) is 17.4 Å². The van der Waals surface area contributed by atoms with E-state index in [0.717, 1.165) is 19.5 Å². The van der Waals surface area contributed by atoms with Gasteiger partial charge in [0, 0.05) is 51.6 Å². The number of carbonyl (C=O) groups is 1. The van der Waals surface area contributed by atoms with Crippen molar-refractivity contribution >= 4 is 61.3 Å². The largest absolute Gasteiger partial charge is 0.332 e. The number of hydrogen-bond acceptors (Lipinski definition) is 8. The van der Waals surface area contributed by atoms with E-state index in [4.69, 9.17) is 0 Å². The molecule has 1 unspecified atom stereocenters. The van der Waals surface area contributed by atoms with Crippen LogP contribution in [0.25, 0.3) is 0 Å². The zero-order chi connectivity index (χ0) is 26.8. The van der Waals surface area contributed by atoms with Gasteiger partial charge < -0.3 is 10.2 Å². The molecule has 4 aromatic rings. The minimum Gasteiger partial charge on any atom is -0.332 e. The molecule has 0 radical (unpaired) electrons. The first-order valence-corrected chi connectivity index (χ1v) is 17.6. The van der Waals surface area contributed by atoms with Gasteiger partial charge >= 0.3 is 0 Å². The van der Waals surface area contributed by atoms with Crippen LogP contribution in [0.4, 0.5) is 0 Å². The van der Waals surface area contributed by atoms with Crippen LogP contribution in [0.1, 0.15) is 39.3 Å². The molecular formula is C27H33N3O3S5. The molecule has 1 N–H and O–H groups in total. The number of nitrogens with zero attached hydrogens (tertiary/aromatic N) is 2. The Morgan fingerprint density at radius 2 is 1.24 bits per heavy atom. The van der Waals surface area contributed by atoms with Crippen LogP contribution < -0.4 is 5.32 Å².